The van der Waals surface area contributed by atoms with E-state index in [1.807, 2.05) is 0 Å². The minimum atomic E-state index is -1.14. The molecule has 0 spiro atoms. The van der Waals surface area contributed by atoms with Gasteiger partial charge in [-0.15, -0.1) is 0 Å². The van der Waals surface area contributed by atoms with E-state index in [0.29, 0.717) is 25.8 Å². The Kier molecular flexibility index (Phi) is 20.4. The normalized spacial score (nSPS) is 11.1. The van der Waals surface area contributed by atoms with E-state index in [1.54, 1.807) is 0 Å². The van der Waals surface area contributed by atoms with Crippen LogP contribution < -0.4 is 34.0 Å². The molecule has 0 aromatic rings. The predicted octanol–water partition coefficient (Wildman–Crippen LogP) is -2.83. The molecule has 0 aromatic heterocycles. The monoisotopic (exact) mass is 450 g/mol. The van der Waals surface area contributed by atoms with E-state index in [4.69, 9.17) is 53.6 Å². The summed E-state index contributed by atoms with van der Waals surface area (Å²) in [6.07, 6.45) is 1.45. The van der Waals surface area contributed by atoms with Crippen molar-refractivity contribution in [3.05, 3.63) is 0 Å². The minimum Gasteiger partial charge on any atom is -0.481 e. The maximum atomic E-state index is 11.9. The highest BCUT2D eigenvalue weighted by atomic mass is 16.4. The zero-order chi connectivity index (χ0) is 25.0. The quantitative estimate of drug-likeness (QED) is 0.0873. The molecule has 0 aliphatic heterocycles. The van der Waals surface area contributed by atoms with E-state index >= 15 is 0 Å². The molecule has 15 heteroatoms. The van der Waals surface area contributed by atoms with Gasteiger partial charge in [0.15, 0.2) is 11.9 Å². The van der Waals surface area contributed by atoms with Crippen LogP contribution in [-0.4, -0.2) is 76.2 Å². The van der Waals surface area contributed by atoms with Gasteiger partial charge in [-0.05, 0) is 25.7 Å². The number of aliphatic imine (C=N–C) groups is 2. The van der Waals surface area contributed by atoms with Gasteiger partial charge < -0.3 is 49.3 Å². The molecule has 0 bridgehead atoms. The van der Waals surface area contributed by atoms with Gasteiger partial charge >= 0.3 is 5.97 Å². The van der Waals surface area contributed by atoms with Gasteiger partial charge in [0.2, 0.25) is 5.91 Å². The van der Waals surface area contributed by atoms with Crippen molar-refractivity contribution in [2.45, 2.75) is 51.6 Å². The Bertz CT molecular complexity index is 597. The van der Waals surface area contributed by atoms with Gasteiger partial charge in [0.05, 0.1) is 6.04 Å². The summed E-state index contributed by atoms with van der Waals surface area (Å²) >= 11 is 0. The molecule has 0 aromatic carbocycles. The molecule has 0 aliphatic carbocycles. The first-order chi connectivity index (χ1) is 14.2. The van der Waals surface area contributed by atoms with E-state index in [2.05, 4.69) is 15.3 Å². The molecular weight excluding hydrogens is 416 g/mol. The largest absolute Gasteiger partial charge is 0.481 e. The third kappa shape index (κ3) is 31.3. The first-order valence-electron chi connectivity index (χ1n) is 8.99. The molecule has 0 heterocycles. The Hall–Kier alpha value is -3.62. The number of hydrogen-bond acceptors (Lipinski definition) is 7. The van der Waals surface area contributed by atoms with Gasteiger partial charge in [-0.1, -0.05) is 0 Å². The second-order valence-electron chi connectivity index (χ2n) is 5.94. The van der Waals surface area contributed by atoms with E-state index in [0.717, 1.165) is 13.8 Å². The zero-order valence-corrected chi connectivity index (χ0v) is 17.7. The molecule has 0 aliphatic rings. The highest BCUT2D eigenvalue weighted by molar-refractivity contribution is 5.86. The molecule has 31 heavy (non-hydrogen) atoms. The summed E-state index contributed by atoms with van der Waals surface area (Å²) in [5.41, 5.74) is 26.4. The zero-order valence-electron chi connectivity index (χ0n) is 17.7. The van der Waals surface area contributed by atoms with Gasteiger partial charge in [0, 0.05) is 26.9 Å². The number of rotatable bonds is 11. The van der Waals surface area contributed by atoms with Crippen molar-refractivity contribution in [3.8, 4) is 0 Å². The number of carboxylic acid groups (broad SMARTS) is 3. The Labute approximate surface area is 179 Å². The number of hydrogen-bond donors (Lipinski definition) is 9. The number of nitrogens with zero attached hydrogens (tertiary/aromatic N) is 2. The molecule has 0 radical (unpaired) electrons. The van der Waals surface area contributed by atoms with Crippen LogP contribution in [0.3, 0.4) is 0 Å². The molecule has 14 N–H and O–H groups in total. The molecule has 15 nitrogen and oxygen atoms in total. The van der Waals surface area contributed by atoms with Crippen molar-refractivity contribution in [2.24, 2.45) is 38.7 Å². The molecule has 180 valence electrons. The first kappa shape index (κ1) is 32.1. The van der Waals surface area contributed by atoms with Crippen LogP contribution in [0.2, 0.25) is 0 Å². The van der Waals surface area contributed by atoms with E-state index in [-0.39, 0.29) is 24.9 Å². The fourth-order valence-electron chi connectivity index (χ4n) is 1.69. The lowest BCUT2D eigenvalue weighted by atomic mass is 10.1. The number of amides is 1. The SMILES string of the molecule is CC(=O)O.CC(=O)O.NC(N)=NCCC[C@H](NC(=O)[C@@H](N)CCCN=C(N)N)C(=O)O. The van der Waals surface area contributed by atoms with Crippen molar-refractivity contribution in [1.29, 1.82) is 0 Å². The van der Waals surface area contributed by atoms with Gasteiger partial charge in [0.25, 0.3) is 11.9 Å². The van der Waals surface area contributed by atoms with E-state index < -0.39 is 35.9 Å². The highest BCUT2D eigenvalue weighted by Gasteiger charge is 2.22. The number of nitrogens with two attached hydrogens (primary N) is 5. The van der Waals surface area contributed by atoms with Gasteiger partial charge in [0.1, 0.15) is 6.04 Å². The Morgan fingerprint density at radius 1 is 0.806 bits per heavy atom. The third-order valence-corrected chi connectivity index (χ3v) is 2.86. The van der Waals surface area contributed by atoms with Crippen LogP contribution in [0.25, 0.3) is 0 Å². The smallest absolute Gasteiger partial charge is 0.326 e. The molecule has 1 amide bonds. The summed E-state index contributed by atoms with van der Waals surface area (Å²) in [4.78, 5) is 48.5. The maximum Gasteiger partial charge on any atom is 0.326 e. The fraction of sp³-hybridized carbons (Fsp3) is 0.625. The van der Waals surface area contributed by atoms with E-state index in [1.165, 1.54) is 0 Å². The standard InChI is InChI=1S/C12H26N8O3.2C2H4O2/c13-7(3-1-5-18-11(14)15)9(21)20-8(10(22)23)4-2-6-19-12(16)17;2*1-2(3)4/h7-8H,1-6,13H2,(H,20,21)(H,22,23)(H4,14,15,18)(H4,16,17,19);2*1H3,(H,3,4)/t7-,8-;;/m0../s1. The van der Waals surface area contributed by atoms with Crippen molar-refractivity contribution >= 4 is 35.7 Å². The molecule has 2 atom stereocenters. The molecule has 0 fully saturated rings. The maximum absolute atomic E-state index is 11.9. The minimum absolute atomic E-state index is 0.0326. The van der Waals surface area contributed by atoms with Crippen LogP contribution in [0.15, 0.2) is 9.98 Å². The highest BCUT2D eigenvalue weighted by Crippen LogP contribution is 2.01. The molecule has 0 unspecified atom stereocenters. The van der Waals surface area contributed by atoms with Crippen LogP contribution >= 0.6 is 0 Å². The average Bonchev–Trinajstić information content (AvgIpc) is 2.59. The average molecular weight is 450 g/mol. The Morgan fingerprint density at radius 3 is 1.48 bits per heavy atom. The summed E-state index contributed by atoms with van der Waals surface area (Å²) in [6, 6.07) is -1.87. The number of carboxylic acids is 3. The number of guanidine groups is 2. The second-order valence-corrected chi connectivity index (χ2v) is 5.94. The van der Waals surface area contributed by atoms with Crippen LogP contribution in [0, 0.1) is 0 Å². The van der Waals surface area contributed by atoms with Crippen LogP contribution in [0.5, 0.6) is 0 Å². The first-order valence-corrected chi connectivity index (χ1v) is 8.99. The summed E-state index contributed by atoms with van der Waals surface area (Å²) in [7, 11) is 0. The van der Waals surface area contributed by atoms with Crippen LogP contribution in [-0.2, 0) is 19.2 Å². The number of carbonyl (C=O) groups is 4. The number of aliphatic carboxylic acids is 3. The number of nitrogens with one attached hydrogen (secondary N) is 1. The summed E-state index contributed by atoms with van der Waals surface area (Å²) < 4.78 is 0. The van der Waals surface area contributed by atoms with Crippen molar-refractivity contribution in [1.82, 2.24) is 5.32 Å². The summed E-state index contributed by atoms with van der Waals surface area (Å²) in [5, 5.41) is 26.3. The van der Waals surface area contributed by atoms with E-state index in [9.17, 15) is 9.59 Å². The Morgan fingerprint density at radius 2 is 1.16 bits per heavy atom. The molecular formula is C16H34N8O7. The van der Waals surface area contributed by atoms with Crippen molar-refractivity contribution in [2.75, 3.05) is 13.1 Å². The Balaban J connectivity index is -0.000000832. The third-order valence-electron chi connectivity index (χ3n) is 2.86. The molecule has 0 saturated heterocycles. The topological polar surface area (TPSA) is 296 Å². The second kappa shape index (κ2) is 19.7. The van der Waals surface area contributed by atoms with Crippen molar-refractivity contribution < 1.29 is 34.5 Å². The number of carbonyl (C=O) groups excluding carboxylic acids is 1. The summed E-state index contributed by atoms with van der Waals surface area (Å²) in [6.45, 7) is 2.80. The molecule has 0 rings (SSSR count). The van der Waals surface area contributed by atoms with Crippen LogP contribution in [0.1, 0.15) is 39.5 Å². The predicted molar refractivity (Wildman–Crippen MR) is 114 cm³/mol. The summed E-state index contributed by atoms with van der Waals surface area (Å²) in [5.74, 6) is -3.45. The lowest BCUT2D eigenvalue weighted by Gasteiger charge is -2.17. The lowest BCUT2D eigenvalue weighted by Crippen LogP contribution is -2.48. The van der Waals surface area contributed by atoms with Gasteiger partial charge in [-0.25, -0.2) is 4.79 Å². The van der Waals surface area contributed by atoms with Gasteiger partial charge in [-0.2, -0.15) is 0 Å². The van der Waals surface area contributed by atoms with Crippen molar-refractivity contribution in [3.63, 3.8) is 0 Å². The fourth-order valence-corrected chi connectivity index (χ4v) is 1.69. The van der Waals surface area contributed by atoms with Crippen LogP contribution in [0.4, 0.5) is 0 Å². The lowest BCUT2D eigenvalue weighted by molar-refractivity contribution is -0.142. The van der Waals surface area contributed by atoms with Gasteiger partial charge in [-0.3, -0.25) is 24.4 Å². The molecule has 0 saturated carbocycles.